The summed E-state index contributed by atoms with van der Waals surface area (Å²) in [5, 5.41) is 4.66. The molecule has 0 bridgehead atoms. The number of carbonyl (C=O) groups is 1. The van der Waals surface area contributed by atoms with Crippen LogP contribution in [-0.2, 0) is 0 Å². The van der Waals surface area contributed by atoms with Gasteiger partial charge in [-0.2, -0.15) is 0 Å². The van der Waals surface area contributed by atoms with Crippen molar-refractivity contribution in [1.29, 1.82) is 0 Å². The third-order valence-corrected chi connectivity index (χ3v) is 3.39. The molecule has 1 heterocycles. The van der Waals surface area contributed by atoms with Crippen LogP contribution < -0.4 is 11.1 Å². The van der Waals surface area contributed by atoms with Crippen molar-refractivity contribution in [2.24, 2.45) is 5.73 Å². The van der Waals surface area contributed by atoms with Crippen molar-refractivity contribution in [2.75, 3.05) is 6.54 Å². The Morgan fingerprint density at radius 1 is 1.85 bits per heavy atom. The van der Waals surface area contributed by atoms with Crippen LogP contribution in [0.5, 0.6) is 0 Å². The van der Waals surface area contributed by atoms with Gasteiger partial charge in [0.2, 0.25) is 0 Å². The van der Waals surface area contributed by atoms with Crippen LogP contribution in [-0.4, -0.2) is 18.5 Å². The maximum absolute atomic E-state index is 11.5. The average Bonchev–Trinajstić information content (AvgIpc) is 2.51. The number of nitrogens with two attached hydrogens (primary N) is 1. The lowest BCUT2D eigenvalue weighted by Crippen LogP contribution is -2.37. The summed E-state index contributed by atoms with van der Waals surface area (Å²) >= 11 is 4.71. The number of nitrogens with one attached hydrogen (secondary N) is 1. The highest BCUT2D eigenvalue weighted by atomic mass is 79.9. The van der Waals surface area contributed by atoms with Gasteiger partial charge in [-0.05, 0) is 34.3 Å². The zero-order valence-electron chi connectivity index (χ0n) is 7.21. The zero-order valence-corrected chi connectivity index (χ0v) is 9.61. The van der Waals surface area contributed by atoms with E-state index in [2.05, 4.69) is 21.2 Å². The Morgan fingerprint density at radius 3 is 3.00 bits per heavy atom. The van der Waals surface area contributed by atoms with Gasteiger partial charge < -0.3 is 11.1 Å². The SMILES string of the molecule is C[C@H](CN)NC(=O)c1sccc1Br. The van der Waals surface area contributed by atoms with E-state index in [1.54, 1.807) is 0 Å². The first kappa shape index (κ1) is 10.7. The summed E-state index contributed by atoms with van der Waals surface area (Å²) in [5.41, 5.74) is 5.39. The van der Waals surface area contributed by atoms with E-state index in [-0.39, 0.29) is 11.9 Å². The van der Waals surface area contributed by atoms with Gasteiger partial charge in [0.25, 0.3) is 5.91 Å². The van der Waals surface area contributed by atoms with E-state index in [4.69, 9.17) is 5.73 Å². The fourth-order valence-corrected chi connectivity index (χ4v) is 2.26. The number of carbonyl (C=O) groups excluding carboxylic acids is 1. The standard InChI is InChI=1S/C8H11BrN2OS/c1-5(4-10)11-8(12)7-6(9)2-3-13-7/h2-3,5H,4,10H2,1H3,(H,11,12)/t5-/m1/s1. The van der Waals surface area contributed by atoms with E-state index in [0.717, 1.165) is 4.47 Å². The summed E-state index contributed by atoms with van der Waals surface area (Å²) in [6.45, 7) is 2.33. The second-order valence-electron chi connectivity index (χ2n) is 2.71. The summed E-state index contributed by atoms with van der Waals surface area (Å²) in [4.78, 5) is 12.2. The van der Waals surface area contributed by atoms with Gasteiger partial charge >= 0.3 is 0 Å². The molecule has 0 aliphatic heterocycles. The van der Waals surface area contributed by atoms with E-state index in [0.29, 0.717) is 11.4 Å². The van der Waals surface area contributed by atoms with Gasteiger partial charge in [-0.3, -0.25) is 4.79 Å². The van der Waals surface area contributed by atoms with Crippen LogP contribution in [0.2, 0.25) is 0 Å². The molecule has 3 N–H and O–H groups in total. The Bertz CT molecular complexity index is 300. The minimum Gasteiger partial charge on any atom is -0.348 e. The molecule has 0 unspecified atom stereocenters. The van der Waals surface area contributed by atoms with E-state index in [9.17, 15) is 4.79 Å². The number of amides is 1. The molecule has 5 heteroatoms. The Hall–Kier alpha value is -0.390. The largest absolute Gasteiger partial charge is 0.348 e. The molecule has 1 amide bonds. The number of halogens is 1. The lowest BCUT2D eigenvalue weighted by atomic mass is 10.3. The Kier molecular flexibility index (Phi) is 3.90. The second-order valence-corrected chi connectivity index (χ2v) is 4.48. The molecule has 1 aromatic rings. The lowest BCUT2D eigenvalue weighted by molar-refractivity contribution is 0.0944. The minimum atomic E-state index is -0.0696. The van der Waals surface area contributed by atoms with Crippen molar-refractivity contribution in [3.05, 3.63) is 20.8 Å². The molecule has 0 aliphatic rings. The van der Waals surface area contributed by atoms with Crippen LogP contribution >= 0.6 is 27.3 Å². The second kappa shape index (κ2) is 4.74. The van der Waals surface area contributed by atoms with Crippen molar-refractivity contribution in [3.8, 4) is 0 Å². The number of hydrogen-bond donors (Lipinski definition) is 2. The molecular weight excluding hydrogens is 252 g/mol. The van der Waals surface area contributed by atoms with E-state index >= 15 is 0 Å². The molecule has 1 aromatic heterocycles. The minimum absolute atomic E-state index is 0.0153. The maximum atomic E-state index is 11.5. The van der Waals surface area contributed by atoms with E-state index in [1.807, 2.05) is 18.4 Å². The molecule has 0 saturated carbocycles. The molecule has 1 rings (SSSR count). The Labute approximate surface area is 89.5 Å². The summed E-state index contributed by atoms with van der Waals surface area (Å²) in [5.74, 6) is -0.0696. The number of thiophene rings is 1. The molecule has 0 aliphatic carbocycles. The smallest absolute Gasteiger partial charge is 0.262 e. The monoisotopic (exact) mass is 262 g/mol. The quantitative estimate of drug-likeness (QED) is 0.870. The summed E-state index contributed by atoms with van der Waals surface area (Å²) in [7, 11) is 0. The van der Waals surface area contributed by atoms with Crippen molar-refractivity contribution >= 4 is 33.2 Å². The molecule has 72 valence electrons. The van der Waals surface area contributed by atoms with Gasteiger partial charge in [0.1, 0.15) is 4.88 Å². The number of hydrogen-bond acceptors (Lipinski definition) is 3. The molecule has 0 saturated heterocycles. The highest BCUT2D eigenvalue weighted by Crippen LogP contribution is 2.22. The van der Waals surface area contributed by atoms with Crippen LogP contribution in [0.3, 0.4) is 0 Å². The summed E-state index contributed by atoms with van der Waals surface area (Å²) in [6.07, 6.45) is 0. The molecule has 0 fully saturated rings. The highest BCUT2D eigenvalue weighted by Gasteiger charge is 2.12. The average molecular weight is 263 g/mol. The first-order valence-corrected chi connectivity index (χ1v) is 5.56. The van der Waals surface area contributed by atoms with Crippen LogP contribution in [0.25, 0.3) is 0 Å². The fraction of sp³-hybridized carbons (Fsp3) is 0.375. The molecule has 0 spiro atoms. The van der Waals surface area contributed by atoms with Gasteiger partial charge in [-0.1, -0.05) is 0 Å². The molecular formula is C8H11BrN2OS. The normalized spacial score (nSPS) is 12.5. The van der Waals surface area contributed by atoms with Crippen molar-refractivity contribution in [2.45, 2.75) is 13.0 Å². The lowest BCUT2D eigenvalue weighted by Gasteiger charge is -2.09. The first-order valence-electron chi connectivity index (χ1n) is 3.89. The molecule has 13 heavy (non-hydrogen) atoms. The van der Waals surface area contributed by atoms with Gasteiger partial charge in [-0.25, -0.2) is 0 Å². The van der Waals surface area contributed by atoms with Crippen LogP contribution in [0.4, 0.5) is 0 Å². The topological polar surface area (TPSA) is 55.1 Å². The molecule has 1 atom stereocenters. The maximum Gasteiger partial charge on any atom is 0.262 e. The predicted octanol–water partition coefficient (Wildman–Crippen LogP) is 1.59. The molecule has 0 aromatic carbocycles. The van der Waals surface area contributed by atoms with Crippen LogP contribution in [0, 0.1) is 0 Å². The van der Waals surface area contributed by atoms with E-state index in [1.165, 1.54) is 11.3 Å². The third-order valence-electron chi connectivity index (χ3n) is 1.55. The first-order chi connectivity index (χ1) is 6.15. The Morgan fingerprint density at radius 2 is 2.54 bits per heavy atom. The summed E-state index contributed by atoms with van der Waals surface area (Å²) < 4.78 is 0.833. The zero-order chi connectivity index (χ0) is 9.84. The predicted molar refractivity (Wildman–Crippen MR) is 58.0 cm³/mol. The van der Waals surface area contributed by atoms with Gasteiger partial charge in [0, 0.05) is 17.1 Å². The van der Waals surface area contributed by atoms with Gasteiger partial charge in [-0.15, -0.1) is 11.3 Å². The van der Waals surface area contributed by atoms with Crippen molar-refractivity contribution < 1.29 is 4.79 Å². The van der Waals surface area contributed by atoms with Gasteiger partial charge in [0.15, 0.2) is 0 Å². The number of rotatable bonds is 3. The summed E-state index contributed by atoms with van der Waals surface area (Å²) in [6, 6.07) is 1.87. The fourth-order valence-electron chi connectivity index (χ4n) is 0.804. The Balaban J connectivity index is 2.64. The van der Waals surface area contributed by atoms with Crippen molar-refractivity contribution in [3.63, 3.8) is 0 Å². The van der Waals surface area contributed by atoms with Crippen LogP contribution in [0.1, 0.15) is 16.6 Å². The van der Waals surface area contributed by atoms with Crippen LogP contribution in [0.15, 0.2) is 15.9 Å². The highest BCUT2D eigenvalue weighted by molar-refractivity contribution is 9.10. The third kappa shape index (κ3) is 2.79. The van der Waals surface area contributed by atoms with Gasteiger partial charge in [0.05, 0.1) is 0 Å². The molecule has 0 radical (unpaired) electrons. The van der Waals surface area contributed by atoms with Crippen molar-refractivity contribution in [1.82, 2.24) is 5.32 Å². The molecule has 3 nitrogen and oxygen atoms in total. The van der Waals surface area contributed by atoms with E-state index < -0.39 is 0 Å².